The molecule has 0 aliphatic carbocycles. The second kappa shape index (κ2) is 6.60. The van der Waals surface area contributed by atoms with Crippen LogP contribution in [-0.4, -0.2) is 15.9 Å². The predicted octanol–water partition coefficient (Wildman–Crippen LogP) is 4.84. The Morgan fingerprint density at radius 2 is 2.04 bits per heavy atom. The maximum Gasteiger partial charge on any atom is 0.267 e. The summed E-state index contributed by atoms with van der Waals surface area (Å²) < 4.78 is 0.986. The third kappa shape index (κ3) is 3.48. The molecule has 23 heavy (non-hydrogen) atoms. The molecule has 1 aromatic carbocycles. The smallest absolute Gasteiger partial charge is 0.267 e. The first-order chi connectivity index (χ1) is 11.0. The van der Waals surface area contributed by atoms with E-state index in [0.717, 1.165) is 26.4 Å². The van der Waals surface area contributed by atoms with Crippen LogP contribution < -0.4 is 5.32 Å². The van der Waals surface area contributed by atoms with Crippen LogP contribution in [0, 0.1) is 13.8 Å². The fourth-order valence-electron chi connectivity index (χ4n) is 2.15. The van der Waals surface area contributed by atoms with Crippen molar-refractivity contribution >= 4 is 38.9 Å². The normalized spacial score (nSPS) is 10.6. The standard InChI is InChI=1S/C17H14BrN3OS/c1-10-9-12(18)6-7-13(10)21-16(22)15-11(2)20-17(23-15)14-5-3-4-8-19-14/h3-9H,1-2H3,(H,21,22). The molecule has 6 heteroatoms. The molecule has 0 aliphatic heterocycles. The molecule has 1 amide bonds. The number of halogens is 1. The van der Waals surface area contributed by atoms with Gasteiger partial charge >= 0.3 is 0 Å². The highest BCUT2D eigenvalue weighted by Crippen LogP contribution is 2.28. The summed E-state index contributed by atoms with van der Waals surface area (Å²) in [4.78, 5) is 21.9. The zero-order valence-electron chi connectivity index (χ0n) is 12.6. The molecule has 4 nitrogen and oxygen atoms in total. The Labute approximate surface area is 146 Å². The second-order valence-corrected chi connectivity index (χ2v) is 6.98. The first kappa shape index (κ1) is 15.8. The van der Waals surface area contributed by atoms with Crippen LogP contribution in [0.1, 0.15) is 20.9 Å². The summed E-state index contributed by atoms with van der Waals surface area (Å²) in [5.74, 6) is -0.146. The van der Waals surface area contributed by atoms with E-state index in [1.807, 2.05) is 50.2 Å². The molecule has 2 aromatic heterocycles. The molecule has 0 unspecified atom stereocenters. The van der Waals surface area contributed by atoms with Gasteiger partial charge in [-0.3, -0.25) is 9.78 Å². The largest absolute Gasteiger partial charge is 0.321 e. The number of hydrogen-bond donors (Lipinski definition) is 1. The summed E-state index contributed by atoms with van der Waals surface area (Å²) in [5, 5.41) is 3.70. The van der Waals surface area contributed by atoms with Gasteiger partial charge < -0.3 is 5.32 Å². The van der Waals surface area contributed by atoms with E-state index >= 15 is 0 Å². The number of pyridine rings is 1. The third-order valence-corrected chi connectivity index (χ3v) is 5.00. The Bertz CT molecular complexity index is 862. The van der Waals surface area contributed by atoms with Crippen molar-refractivity contribution in [2.75, 3.05) is 5.32 Å². The van der Waals surface area contributed by atoms with Crippen molar-refractivity contribution in [2.45, 2.75) is 13.8 Å². The molecule has 0 saturated heterocycles. The van der Waals surface area contributed by atoms with Gasteiger partial charge in [-0.15, -0.1) is 11.3 Å². The van der Waals surface area contributed by atoms with Crippen molar-refractivity contribution < 1.29 is 4.79 Å². The van der Waals surface area contributed by atoms with Gasteiger partial charge in [0.15, 0.2) is 0 Å². The number of hydrogen-bond acceptors (Lipinski definition) is 4. The number of thiazole rings is 1. The first-order valence-electron chi connectivity index (χ1n) is 7.01. The number of nitrogens with zero attached hydrogens (tertiary/aromatic N) is 2. The SMILES string of the molecule is Cc1cc(Br)ccc1NC(=O)c1sc(-c2ccccn2)nc1C. The van der Waals surface area contributed by atoms with Crippen molar-refractivity contribution in [3.8, 4) is 10.7 Å². The van der Waals surface area contributed by atoms with Gasteiger partial charge in [0.1, 0.15) is 9.88 Å². The van der Waals surface area contributed by atoms with Gasteiger partial charge in [0.2, 0.25) is 0 Å². The number of benzene rings is 1. The molecule has 0 spiro atoms. The number of anilines is 1. The summed E-state index contributed by atoms with van der Waals surface area (Å²) in [6, 6.07) is 11.4. The van der Waals surface area contributed by atoms with E-state index in [1.54, 1.807) is 6.20 Å². The van der Waals surface area contributed by atoms with Crippen LogP contribution in [0.4, 0.5) is 5.69 Å². The highest BCUT2D eigenvalue weighted by atomic mass is 79.9. The number of aryl methyl sites for hydroxylation is 2. The first-order valence-corrected chi connectivity index (χ1v) is 8.62. The van der Waals surface area contributed by atoms with Gasteiger partial charge in [-0.1, -0.05) is 22.0 Å². The van der Waals surface area contributed by atoms with Gasteiger partial charge in [0.25, 0.3) is 5.91 Å². The second-order valence-electron chi connectivity index (χ2n) is 5.06. The van der Waals surface area contributed by atoms with E-state index in [1.165, 1.54) is 11.3 Å². The Morgan fingerprint density at radius 3 is 2.74 bits per heavy atom. The molecular weight excluding hydrogens is 374 g/mol. The maximum atomic E-state index is 12.5. The van der Waals surface area contributed by atoms with Crippen molar-refractivity contribution in [1.29, 1.82) is 0 Å². The molecular formula is C17H14BrN3OS. The minimum atomic E-state index is -0.146. The summed E-state index contributed by atoms with van der Waals surface area (Å²) in [6.07, 6.45) is 1.72. The van der Waals surface area contributed by atoms with Crippen molar-refractivity contribution in [1.82, 2.24) is 9.97 Å². The van der Waals surface area contributed by atoms with E-state index in [0.29, 0.717) is 10.6 Å². The molecule has 3 rings (SSSR count). The van der Waals surface area contributed by atoms with E-state index in [-0.39, 0.29) is 5.91 Å². The lowest BCUT2D eigenvalue weighted by atomic mass is 10.2. The lowest BCUT2D eigenvalue weighted by Gasteiger charge is -2.07. The quantitative estimate of drug-likeness (QED) is 0.699. The molecule has 0 bridgehead atoms. The molecule has 0 saturated carbocycles. The van der Waals surface area contributed by atoms with Crippen molar-refractivity contribution in [3.05, 3.63) is 63.2 Å². The minimum Gasteiger partial charge on any atom is -0.321 e. The van der Waals surface area contributed by atoms with Crippen LogP contribution in [0.3, 0.4) is 0 Å². The van der Waals surface area contributed by atoms with Crippen LogP contribution in [0.25, 0.3) is 10.7 Å². The summed E-state index contributed by atoms with van der Waals surface area (Å²) >= 11 is 4.77. The number of carbonyl (C=O) groups excluding carboxylic acids is 1. The van der Waals surface area contributed by atoms with Crippen LogP contribution in [0.15, 0.2) is 47.1 Å². The van der Waals surface area contributed by atoms with E-state index < -0.39 is 0 Å². The fourth-order valence-corrected chi connectivity index (χ4v) is 3.57. The average Bonchev–Trinajstić information content (AvgIpc) is 2.93. The van der Waals surface area contributed by atoms with Crippen LogP contribution in [0.2, 0.25) is 0 Å². The maximum absolute atomic E-state index is 12.5. The van der Waals surface area contributed by atoms with Crippen LogP contribution in [0.5, 0.6) is 0 Å². The molecule has 0 atom stereocenters. The summed E-state index contributed by atoms with van der Waals surface area (Å²) in [6.45, 7) is 3.80. The highest BCUT2D eigenvalue weighted by Gasteiger charge is 2.17. The Kier molecular flexibility index (Phi) is 4.54. The molecule has 2 heterocycles. The molecule has 116 valence electrons. The Hall–Kier alpha value is -2.05. The van der Waals surface area contributed by atoms with Gasteiger partial charge in [0, 0.05) is 16.4 Å². The van der Waals surface area contributed by atoms with Crippen LogP contribution >= 0.6 is 27.3 Å². The number of aromatic nitrogens is 2. The monoisotopic (exact) mass is 387 g/mol. The molecule has 1 N–H and O–H groups in total. The Balaban J connectivity index is 1.87. The molecule has 3 aromatic rings. The minimum absolute atomic E-state index is 0.146. The van der Waals surface area contributed by atoms with E-state index in [9.17, 15) is 4.79 Å². The van der Waals surface area contributed by atoms with E-state index in [2.05, 4.69) is 31.2 Å². The highest BCUT2D eigenvalue weighted by molar-refractivity contribution is 9.10. The summed E-state index contributed by atoms with van der Waals surface area (Å²) in [7, 11) is 0. The zero-order chi connectivity index (χ0) is 16.4. The lowest BCUT2D eigenvalue weighted by molar-refractivity contribution is 0.102. The van der Waals surface area contributed by atoms with Gasteiger partial charge in [-0.25, -0.2) is 4.98 Å². The number of carbonyl (C=O) groups is 1. The van der Waals surface area contributed by atoms with Crippen molar-refractivity contribution in [2.24, 2.45) is 0 Å². The molecule has 0 radical (unpaired) electrons. The molecule has 0 fully saturated rings. The Morgan fingerprint density at radius 1 is 1.22 bits per heavy atom. The summed E-state index contributed by atoms with van der Waals surface area (Å²) in [5.41, 5.74) is 3.28. The fraction of sp³-hybridized carbons (Fsp3) is 0.118. The number of rotatable bonds is 3. The lowest BCUT2D eigenvalue weighted by Crippen LogP contribution is -2.12. The van der Waals surface area contributed by atoms with Crippen LogP contribution in [-0.2, 0) is 0 Å². The topological polar surface area (TPSA) is 54.9 Å². The molecule has 0 aliphatic rings. The number of nitrogens with one attached hydrogen (secondary N) is 1. The zero-order valence-corrected chi connectivity index (χ0v) is 15.0. The van der Waals surface area contributed by atoms with Gasteiger partial charge in [0.05, 0.1) is 11.4 Å². The van der Waals surface area contributed by atoms with E-state index in [4.69, 9.17) is 0 Å². The van der Waals surface area contributed by atoms with Gasteiger partial charge in [-0.2, -0.15) is 0 Å². The van der Waals surface area contributed by atoms with Gasteiger partial charge in [-0.05, 0) is 49.7 Å². The van der Waals surface area contributed by atoms with Crippen molar-refractivity contribution in [3.63, 3.8) is 0 Å². The third-order valence-electron chi connectivity index (χ3n) is 3.32. The predicted molar refractivity (Wildman–Crippen MR) is 96.9 cm³/mol. The number of amides is 1. The average molecular weight is 388 g/mol.